The summed E-state index contributed by atoms with van der Waals surface area (Å²) < 4.78 is 6.55. The van der Waals surface area contributed by atoms with Gasteiger partial charge in [-0.25, -0.2) is 4.98 Å². The number of aliphatic hydroxyl groups is 2. The van der Waals surface area contributed by atoms with E-state index in [0.29, 0.717) is 17.6 Å². The molecule has 5 atom stereocenters. The minimum absolute atomic E-state index is 0.0496. The number of aromatic nitrogens is 4. The van der Waals surface area contributed by atoms with Crippen LogP contribution in [-0.4, -0.2) is 58.3 Å². The molecule has 2 heterocycles. The molecule has 0 radical (unpaired) electrons. The number of nitrogens with zero attached hydrogens (tertiary/aromatic N) is 4. The topological polar surface area (TPSA) is 160 Å². The summed E-state index contributed by atoms with van der Waals surface area (Å²) in [6.07, 6.45) is -0.245. The van der Waals surface area contributed by atoms with Crippen molar-refractivity contribution in [1.29, 1.82) is 0 Å². The van der Waals surface area contributed by atoms with Crippen LogP contribution in [-0.2, 0) is 16.3 Å². The molecule has 0 bridgehead atoms. The molecule has 2 aliphatic rings. The molecule has 0 unspecified atom stereocenters. The highest BCUT2D eigenvalue weighted by Gasteiger charge is 2.71. The van der Waals surface area contributed by atoms with Gasteiger partial charge >= 0.3 is 6.72 Å². The normalized spacial score (nSPS) is 34.4. The van der Waals surface area contributed by atoms with Gasteiger partial charge in [-0.15, -0.1) is 0 Å². The molecule has 0 aliphatic heterocycles. The first-order chi connectivity index (χ1) is 11.6. The van der Waals surface area contributed by atoms with Crippen LogP contribution in [0.1, 0.15) is 12.5 Å². The smallest absolute Gasteiger partial charge is 0.321 e. The maximum absolute atomic E-state index is 10.5. The summed E-state index contributed by atoms with van der Waals surface area (Å²) in [4.78, 5) is 30.7. The van der Waals surface area contributed by atoms with E-state index >= 15 is 0 Å². The number of nitrogens with two attached hydrogens (primary N) is 1. The number of aliphatic hydroxyl groups excluding tert-OH is 2. The van der Waals surface area contributed by atoms with Crippen molar-refractivity contribution >= 4 is 47.1 Å². The van der Waals surface area contributed by atoms with Gasteiger partial charge in [-0.1, -0.05) is 0 Å². The van der Waals surface area contributed by atoms with Crippen LogP contribution in [0.25, 0.3) is 11.2 Å². The highest BCUT2D eigenvalue weighted by atomic mass is 35.5. The summed E-state index contributed by atoms with van der Waals surface area (Å²) >= 11 is 10.3. The quantitative estimate of drug-likeness (QED) is 0.332. The van der Waals surface area contributed by atoms with E-state index in [1.807, 2.05) is 0 Å². The van der Waals surface area contributed by atoms with Gasteiger partial charge in [0.2, 0.25) is 5.28 Å². The lowest BCUT2D eigenvalue weighted by Crippen LogP contribution is -2.35. The Morgan fingerprint density at radius 3 is 2.84 bits per heavy atom. The maximum atomic E-state index is 10.5. The van der Waals surface area contributed by atoms with Crippen molar-refractivity contribution in [3.05, 3.63) is 11.6 Å². The Bertz CT molecular complexity index is 907. The predicted octanol–water partition coefficient (Wildman–Crippen LogP) is -0.430. The van der Waals surface area contributed by atoms with E-state index in [2.05, 4.69) is 26.8 Å². The maximum Gasteiger partial charge on any atom is 0.321 e. The Morgan fingerprint density at radius 2 is 2.16 bits per heavy atom. The summed E-state index contributed by atoms with van der Waals surface area (Å²) in [6.45, 7) is -4.00. The number of fused-ring (bicyclic) bond motifs is 2. The largest absolute Gasteiger partial charge is 0.390 e. The predicted molar refractivity (Wildman–Crippen MR) is 91.0 cm³/mol. The molecule has 0 aromatic carbocycles. The van der Waals surface area contributed by atoms with Crippen LogP contribution in [0.5, 0.6) is 0 Å². The van der Waals surface area contributed by atoms with E-state index < -0.39 is 30.4 Å². The van der Waals surface area contributed by atoms with Crippen molar-refractivity contribution < 1.29 is 24.5 Å². The number of hydrogen-bond acceptors (Lipinski definition) is 8. The van der Waals surface area contributed by atoms with E-state index in [1.165, 1.54) is 6.33 Å². The molecule has 2 fully saturated rings. The fraction of sp³-hybridized carbons (Fsp3) is 0.583. The van der Waals surface area contributed by atoms with E-state index in [9.17, 15) is 20.0 Å². The summed E-state index contributed by atoms with van der Waals surface area (Å²) in [5.74, 6) is -0.0557. The van der Waals surface area contributed by atoms with E-state index in [1.54, 1.807) is 4.57 Å². The van der Waals surface area contributed by atoms with Crippen molar-refractivity contribution in [2.45, 2.75) is 24.7 Å². The van der Waals surface area contributed by atoms with Crippen molar-refractivity contribution in [2.24, 2.45) is 11.3 Å². The minimum Gasteiger partial charge on any atom is -0.390 e. The lowest BCUT2D eigenvalue weighted by Gasteiger charge is -2.24. The highest BCUT2D eigenvalue weighted by molar-refractivity contribution is 8.06. The SMILES string of the molecule is Nc1nc(Cl)nc2c1ncn2[C@H]1[C@H](O)[C@H](O)[C@]2(COP(O)(O)=S)C[C@H]12. The Balaban J connectivity index is 1.70. The summed E-state index contributed by atoms with van der Waals surface area (Å²) in [6, 6.07) is -0.538. The lowest BCUT2D eigenvalue weighted by atomic mass is 10.0. The average molecular weight is 408 g/mol. The van der Waals surface area contributed by atoms with Gasteiger partial charge in [0.15, 0.2) is 11.5 Å². The Morgan fingerprint density at radius 1 is 1.44 bits per heavy atom. The van der Waals surface area contributed by atoms with Crippen molar-refractivity contribution in [2.75, 3.05) is 12.3 Å². The lowest BCUT2D eigenvalue weighted by molar-refractivity contribution is -0.0284. The molecule has 0 saturated heterocycles. The van der Waals surface area contributed by atoms with Crippen LogP contribution in [0.2, 0.25) is 5.28 Å². The van der Waals surface area contributed by atoms with Crippen LogP contribution in [0.3, 0.4) is 0 Å². The monoisotopic (exact) mass is 407 g/mol. The summed E-state index contributed by atoms with van der Waals surface area (Å²) in [5, 5.41) is 20.9. The van der Waals surface area contributed by atoms with Crippen molar-refractivity contribution in [3.63, 3.8) is 0 Å². The Labute approximate surface area is 151 Å². The van der Waals surface area contributed by atoms with Gasteiger partial charge in [-0.2, -0.15) is 9.97 Å². The molecule has 2 aromatic heterocycles. The number of anilines is 1. The number of halogens is 1. The van der Waals surface area contributed by atoms with Gasteiger partial charge in [0.1, 0.15) is 11.6 Å². The van der Waals surface area contributed by atoms with Gasteiger partial charge in [-0.05, 0) is 35.7 Å². The van der Waals surface area contributed by atoms with Gasteiger partial charge in [-0.3, -0.25) is 0 Å². The highest BCUT2D eigenvalue weighted by Crippen LogP contribution is 2.68. The molecular weight excluding hydrogens is 393 g/mol. The van der Waals surface area contributed by atoms with E-state index in [0.717, 1.165) is 0 Å². The van der Waals surface area contributed by atoms with Crippen molar-refractivity contribution in [1.82, 2.24) is 19.5 Å². The first kappa shape index (κ1) is 17.5. The zero-order valence-electron chi connectivity index (χ0n) is 12.6. The second-order valence-electron chi connectivity index (χ2n) is 6.44. The molecule has 25 heavy (non-hydrogen) atoms. The van der Waals surface area contributed by atoms with Crippen LogP contribution in [0.15, 0.2) is 6.33 Å². The zero-order valence-corrected chi connectivity index (χ0v) is 15.1. The standard InChI is InChI=1S/C12H15ClN5O5PS/c13-11-16-9(14)5-10(17-11)18(3-15-5)6-4-1-12(4,8(20)7(6)19)2-23-24(21,22)25/h3-4,6-8,19-20H,1-2H2,(H2,14,16,17)(H2,21,22,25)/t4-,6-,7+,8+,12+/m1/s1. The molecule has 2 aliphatic carbocycles. The molecule has 13 heteroatoms. The number of rotatable bonds is 4. The average Bonchev–Trinajstić information content (AvgIpc) is 3.01. The van der Waals surface area contributed by atoms with Crippen LogP contribution < -0.4 is 5.73 Å². The molecule has 0 amide bonds. The van der Waals surface area contributed by atoms with E-state index in [4.69, 9.17) is 21.9 Å². The Hall–Kier alpha value is -0.910. The molecular formula is C12H15ClN5O5PS. The number of nitrogen functional groups attached to an aromatic ring is 1. The molecule has 0 spiro atoms. The Kier molecular flexibility index (Phi) is 3.88. The van der Waals surface area contributed by atoms with Crippen LogP contribution in [0, 0.1) is 11.3 Å². The summed E-state index contributed by atoms with van der Waals surface area (Å²) in [7, 11) is 0. The second kappa shape index (κ2) is 5.54. The third kappa shape index (κ3) is 2.66. The van der Waals surface area contributed by atoms with Gasteiger partial charge < -0.3 is 34.8 Å². The number of imidazole rings is 1. The molecule has 2 aromatic rings. The second-order valence-corrected chi connectivity index (χ2v) is 9.44. The summed E-state index contributed by atoms with van der Waals surface area (Å²) in [5.41, 5.74) is 5.70. The fourth-order valence-corrected chi connectivity index (χ4v) is 4.60. The fourth-order valence-electron chi connectivity index (χ4n) is 3.86. The first-order valence-electron chi connectivity index (χ1n) is 7.36. The molecule has 136 valence electrons. The van der Waals surface area contributed by atoms with Crippen LogP contribution >= 0.6 is 18.3 Å². The van der Waals surface area contributed by atoms with E-state index in [-0.39, 0.29) is 23.6 Å². The first-order valence-corrected chi connectivity index (χ1v) is 10.4. The molecule has 6 N–H and O–H groups in total. The zero-order chi connectivity index (χ0) is 18.1. The van der Waals surface area contributed by atoms with Gasteiger partial charge in [0, 0.05) is 5.41 Å². The minimum atomic E-state index is -3.85. The molecule has 4 rings (SSSR count). The third-order valence-electron chi connectivity index (χ3n) is 5.10. The van der Waals surface area contributed by atoms with Gasteiger partial charge in [0.05, 0.1) is 25.1 Å². The van der Waals surface area contributed by atoms with Crippen molar-refractivity contribution in [3.8, 4) is 0 Å². The van der Waals surface area contributed by atoms with Gasteiger partial charge in [0.25, 0.3) is 0 Å². The number of hydrogen-bond donors (Lipinski definition) is 5. The molecule has 2 saturated carbocycles. The molecule has 10 nitrogen and oxygen atoms in total. The van der Waals surface area contributed by atoms with Crippen LogP contribution in [0.4, 0.5) is 5.82 Å². The third-order valence-corrected chi connectivity index (χ3v) is 6.05.